The lowest BCUT2D eigenvalue weighted by molar-refractivity contribution is 0.135. The molecule has 3 N–H and O–H groups in total. The topological polar surface area (TPSA) is 110 Å². The molecule has 0 aromatic carbocycles. The predicted molar refractivity (Wildman–Crippen MR) is 110 cm³/mol. The Morgan fingerprint density at radius 3 is 2.86 bits per heavy atom. The van der Waals surface area contributed by atoms with Crippen LogP contribution in [0.1, 0.15) is 37.8 Å². The average molecular weight is 391 g/mol. The molecule has 0 aliphatic carbocycles. The molecular weight excluding hydrogens is 366 g/mol. The Bertz CT molecular complexity index is 1030. The molecule has 0 amide bonds. The lowest BCUT2D eigenvalue weighted by Gasteiger charge is -2.38. The van der Waals surface area contributed by atoms with Crippen molar-refractivity contribution in [3.8, 4) is 6.07 Å². The molecule has 3 atom stereocenters. The minimum atomic E-state index is 0.372. The second-order valence-electron chi connectivity index (χ2n) is 8.00. The van der Waals surface area contributed by atoms with Crippen LogP contribution >= 0.6 is 0 Å². The van der Waals surface area contributed by atoms with Gasteiger partial charge in [0.15, 0.2) is 17.3 Å². The number of H-pyrrole nitrogens is 1. The van der Waals surface area contributed by atoms with Gasteiger partial charge in [0.25, 0.3) is 0 Å². The van der Waals surface area contributed by atoms with Crippen molar-refractivity contribution in [1.82, 2.24) is 29.5 Å². The summed E-state index contributed by atoms with van der Waals surface area (Å²) in [4.78, 5) is 11.8. The van der Waals surface area contributed by atoms with E-state index in [0.29, 0.717) is 30.4 Å². The largest absolute Gasteiger partial charge is 0.352 e. The summed E-state index contributed by atoms with van der Waals surface area (Å²) in [6.07, 6.45) is 8.98. The first kappa shape index (κ1) is 17.9. The molecule has 0 spiro atoms. The first-order valence-electron chi connectivity index (χ1n) is 10.2. The van der Waals surface area contributed by atoms with E-state index in [4.69, 9.17) is 10.2 Å². The van der Waals surface area contributed by atoms with Gasteiger partial charge >= 0.3 is 0 Å². The van der Waals surface area contributed by atoms with Crippen molar-refractivity contribution in [2.24, 2.45) is 0 Å². The van der Waals surface area contributed by atoms with Gasteiger partial charge in [-0.3, -0.25) is 14.4 Å². The molecule has 0 radical (unpaired) electrons. The van der Waals surface area contributed by atoms with Crippen LogP contribution in [0, 0.1) is 18.3 Å². The minimum Gasteiger partial charge on any atom is -0.352 e. The van der Waals surface area contributed by atoms with Crippen LogP contribution in [0.15, 0.2) is 24.5 Å². The lowest BCUT2D eigenvalue weighted by Crippen LogP contribution is -2.47. The number of piperidine rings is 1. The maximum atomic E-state index is 8.93. The van der Waals surface area contributed by atoms with Crippen LogP contribution in [0.2, 0.25) is 0 Å². The third kappa shape index (κ3) is 3.40. The van der Waals surface area contributed by atoms with Gasteiger partial charge < -0.3 is 10.6 Å². The van der Waals surface area contributed by atoms with Gasteiger partial charge in [0.05, 0.1) is 6.07 Å². The molecule has 29 heavy (non-hydrogen) atoms. The number of fused-ring (bicyclic) bond motifs is 3. The Balaban J connectivity index is 1.36. The first-order chi connectivity index (χ1) is 14.2. The molecule has 2 aliphatic rings. The van der Waals surface area contributed by atoms with E-state index < -0.39 is 0 Å². The van der Waals surface area contributed by atoms with Gasteiger partial charge in [0.2, 0.25) is 5.95 Å². The van der Waals surface area contributed by atoms with Crippen LogP contribution in [-0.2, 0) is 0 Å². The van der Waals surface area contributed by atoms with Crippen LogP contribution in [0.25, 0.3) is 5.65 Å². The fourth-order valence-electron chi connectivity index (χ4n) is 4.83. The van der Waals surface area contributed by atoms with Crippen molar-refractivity contribution in [3.05, 3.63) is 30.2 Å². The van der Waals surface area contributed by atoms with E-state index in [1.165, 1.54) is 12.8 Å². The van der Waals surface area contributed by atoms with Crippen LogP contribution < -0.4 is 10.6 Å². The summed E-state index contributed by atoms with van der Waals surface area (Å²) >= 11 is 0. The molecule has 5 heterocycles. The number of nitrogens with one attached hydrogen (secondary N) is 3. The van der Waals surface area contributed by atoms with Gasteiger partial charge in [-0.1, -0.05) is 0 Å². The number of nitriles is 1. The number of aromatic amines is 1. The van der Waals surface area contributed by atoms with Gasteiger partial charge in [-0.2, -0.15) is 15.3 Å². The molecule has 1 unspecified atom stereocenters. The second-order valence-corrected chi connectivity index (χ2v) is 8.00. The molecule has 2 fully saturated rings. The maximum absolute atomic E-state index is 8.93. The summed E-state index contributed by atoms with van der Waals surface area (Å²) in [6.45, 7) is 2.86. The normalized spacial score (nSPS) is 23.9. The average Bonchev–Trinajstić information content (AvgIpc) is 3.35. The molecule has 2 aliphatic heterocycles. The number of hydrogen-bond donors (Lipinski definition) is 3. The smallest absolute Gasteiger partial charge is 0.211 e. The summed E-state index contributed by atoms with van der Waals surface area (Å²) in [5, 5.41) is 23.0. The molecule has 150 valence electrons. The van der Waals surface area contributed by atoms with Gasteiger partial charge in [-0.05, 0) is 38.7 Å². The molecule has 9 nitrogen and oxygen atoms in total. The summed E-state index contributed by atoms with van der Waals surface area (Å²) in [6, 6.07) is 7.64. The zero-order valence-electron chi connectivity index (χ0n) is 16.5. The second kappa shape index (κ2) is 7.37. The minimum absolute atomic E-state index is 0.372. The molecule has 9 heteroatoms. The number of hydrogen-bond acceptors (Lipinski definition) is 7. The van der Waals surface area contributed by atoms with E-state index in [2.05, 4.69) is 36.8 Å². The number of aromatic nitrogens is 5. The highest BCUT2D eigenvalue weighted by molar-refractivity contribution is 5.72. The fourth-order valence-corrected chi connectivity index (χ4v) is 4.83. The number of imidazole rings is 1. The maximum Gasteiger partial charge on any atom is 0.211 e. The van der Waals surface area contributed by atoms with Crippen LogP contribution in [0.5, 0.6) is 0 Å². The fraction of sp³-hybridized carbons (Fsp3) is 0.500. The van der Waals surface area contributed by atoms with Crippen LogP contribution in [0.4, 0.5) is 17.6 Å². The Hall–Kier alpha value is -3.12. The number of aryl methyl sites for hydroxylation is 1. The quantitative estimate of drug-likeness (QED) is 0.593. The van der Waals surface area contributed by atoms with E-state index in [1.807, 2.05) is 29.7 Å². The molecule has 3 aromatic heterocycles. The van der Waals surface area contributed by atoms with Crippen molar-refractivity contribution in [2.45, 2.75) is 57.2 Å². The van der Waals surface area contributed by atoms with E-state index in [-0.39, 0.29) is 0 Å². The highest BCUT2D eigenvalue weighted by Gasteiger charge is 2.40. The summed E-state index contributed by atoms with van der Waals surface area (Å²) in [7, 11) is 0. The van der Waals surface area contributed by atoms with Gasteiger partial charge in [-0.15, -0.1) is 0 Å². The zero-order chi connectivity index (χ0) is 19.8. The molecule has 0 saturated carbocycles. The van der Waals surface area contributed by atoms with Crippen molar-refractivity contribution in [3.63, 3.8) is 0 Å². The number of nitrogens with zero attached hydrogens (tertiary/aromatic N) is 6. The third-order valence-corrected chi connectivity index (χ3v) is 6.06. The molecule has 3 aromatic rings. The Morgan fingerprint density at radius 2 is 2.14 bits per heavy atom. The van der Waals surface area contributed by atoms with Crippen molar-refractivity contribution >= 4 is 23.2 Å². The zero-order valence-corrected chi connectivity index (χ0v) is 16.5. The summed E-state index contributed by atoms with van der Waals surface area (Å²) < 4.78 is 1.99. The van der Waals surface area contributed by atoms with Crippen molar-refractivity contribution < 1.29 is 0 Å². The first-order valence-corrected chi connectivity index (χ1v) is 10.2. The Kier molecular flexibility index (Phi) is 4.56. The van der Waals surface area contributed by atoms with E-state index in [9.17, 15) is 0 Å². The standard InChI is InChI=1S/C20H25N9/c1-13-10-17(27-26-13)24-18-19-22-7-3-9-29(19)20(25-18)23-14-11-15-4-5-16(12-14)28(15)8-2-6-21/h3,7,9-10,14-16H,2,4-5,8,11-12H2,1H3,(H,23,25)(H2,24,26,27)/t14-,15-,16?/m0/s1. The monoisotopic (exact) mass is 391 g/mol. The number of anilines is 3. The van der Waals surface area contributed by atoms with Crippen molar-refractivity contribution in [1.29, 1.82) is 5.26 Å². The Morgan fingerprint density at radius 1 is 1.31 bits per heavy atom. The molecule has 2 saturated heterocycles. The third-order valence-electron chi connectivity index (χ3n) is 6.06. The van der Waals surface area contributed by atoms with Gasteiger partial charge in [0.1, 0.15) is 0 Å². The summed E-state index contributed by atoms with van der Waals surface area (Å²) in [5.74, 6) is 2.22. The van der Waals surface area contributed by atoms with E-state index >= 15 is 0 Å². The Labute approximate surface area is 169 Å². The van der Waals surface area contributed by atoms with E-state index in [0.717, 1.165) is 42.5 Å². The van der Waals surface area contributed by atoms with Crippen LogP contribution in [0.3, 0.4) is 0 Å². The van der Waals surface area contributed by atoms with Crippen molar-refractivity contribution in [2.75, 3.05) is 17.2 Å². The summed E-state index contributed by atoms with van der Waals surface area (Å²) in [5.41, 5.74) is 1.76. The predicted octanol–water partition coefficient (Wildman–Crippen LogP) is 2.83. The highest BCUT2D eigenvalue weighted by Crippen LogP contribution is 2.37. The van der Waals surface area contributed by atoms with E-state index in [1.54, 1.807) is 6.20 Å². The molecule has 2 bridgehead atoms. The van der Waals surface area contributed by atoms with Gasteiger partial charge in [0, 0.05) is 55.2 Å². The number of rotatable bonds is 6. The molecule has 5 rings (SSSR count). The lowest BCUT2D eigenvalue weighted by atomic mass is 9.97. The van der Waals surface area contributed by atoms with Gasteiger partial charge in [-0.25, -0.2) is 4.98 Å². The highest BCUT2D eigenvalue weighted by atomic mass is 15.3. The molecular formula is C20H25N9. The SMILES string of the molecule is Cc1cc(Nc2nc(N[C@@H]3CC4CC[C@@H](C3)N4CCC#N)n3cccnc23)n[nH]1. The van der Waals surface area contributed by atoms with Crippen LogP contribution in [-0.4, -0.2) is 54.1 Å².